The van der Waals surface area contributed by atoms with Gasteiger partial charge in [-0.25, -0.2) is 0 Å². The lowest BCUT2D eigenvalue weighted by Crippen LogP contribution is -2.58. The second kappa shape index (κ2) is 8.22. The van der Waals surface area contributed by atoms with Crippen LogP contribution in [0.4, 0.5) is 26.3 Å². The Morgan fingerprint density at radius 2 is 1.64 bits per heavy atom. The van der Waals surface area contributed by atoms with Crippen molar-refractivity contribution in [2.75, 3.05) is 20.3 Å². The fraction of sp³-hybridized carbons (Fsp3) is 0.833. The van der Waals surface area contributed by atoms with Crippen LogP contribution in [0.2, 0.25) is 0 Å². The topological polar surface area (TPSA) is 55.8 Å². The van der Waals surface area contributed by atoms with E-state index in [1.54, 1.807) is 0 Å². The zero-order valence-electron chi connectivity index (χ0n) is 15.4. The predicted octanol–water partition coefficient (Wildman–Crippen LogP) is 4.03. The van der Waals surface area contributed by atoms with E-state index in [1.165, 1.54) is 7.11 Å². The molecule has 28 heavy (non-hydrogen) atoms. The Bertz CT molecular complexity index is 572. The molecule has 2 rings (SSSR count). The van der Waals surface area contributed by atoms with Gasteiger partial charge in [0.05, 0.1) is 26.7 Å². The molecule has 2 aliphatic carbocycles. The number of methoxy groups -OCH3 is 1. The van der Waals surface area contributed by atoms with Crippen molar-refractivity contribution in [1.82, 2.24) is 0 Å². The first-order valence-electron chi connectivity index (χ1n) is 8.95. The number of esters is 1. The number of ether oxygens (including phenoxy) is 2. The molecule has 2 saturated carbocycles. The van der Waals surface area contributed by atoms with Gasteiger partial charge in [0, 0.05) is 0 Å². The summed E-state index contributed by atoms with van der Waals surface area (Å²) in [5, 5.41) is 9.48. The highest BCUT2D eigenvalue weighted by Gasteiger charge is 2.71. The van der Waals surface area contributed by atoms with E-state index < -0.39 is 36.3 Å². The normalized spacial score (nSPS) is 27.9. The summed E-state index contributed by atoms with van der Waals surface area (Å²) < 4.78 is 87.8. The van der Waals surface area contributed by atoms with Crippen molar-refractivity contribution in [3.05, 3.63) is 12.2 Å². The number of carbonyl (C=O) groups excluding carboxylic acids is 1. The number of halogens is 6. The largest absolute Gasteiger partial charge is 0.469 e. The number of alkyl halides is 6. The van der Waals surface area contributed by atoms with Crippen molar-refractivity contribution in [1.29, 1.82) is 0 Å². The molecule has 162 valence electrons. The van der Waals surface area contributed by atoms with E-state index in [0.717, 1.165) is 0 Å². The third-order valence-electron chi connectivity index (χ3n) is 5.84. The van der Waals surface area contributed by atoms with Gasteiger partial charge in [0.2, 0.25) is 0 Å². The highest BCUT2D eigenvalue weighted by atomic mass is 19.4. The summed E-state index contributed by atoms with van der Waals surface area (Å²) in [4.78, 5) is 11.1. The van der Waals surface area contributed by atoms with Gasteiger partial charge < -0.3 is 14.6 Å². The predicted molar refractivity (Wildman–Crippen MR) is 86.1 cm³/mol. The Balaban J connectivity index is 1.94. The number of hydrogen-bond donors (Lipinski definition) is 1. The van der Waals surface area contributed by atoms with Crippen LogP contribution in [-0.2, 0) is 14.3 Å². The van der Waals surface area contributed by atoms with Crippen LogP contribution >= 0.6 is 0 Å². The van der Waals surface area contributed by atoms with Crippen molar-refractivity contribution >= 4 is 5.97 Å². The van der Waals surface area contributed by atoms with Crippen LogP contribution in [-0.4, -0.2) is 49.4 Å². The molecule has 0 aromatic carbocycles. The van der Waals surface area contributed by atoms with Crippen molar-refractivity contribution in [2.45, 2.75) is 50.1 Å². The van der Waals surface area contributed by atoms with Gasteiger partial charge in [0.15, 0.2) is 0 Å². The minimum Gasteiger partial charge on any atom is -0.469 e. The third kappa shape index (κ3) is 4.82. The molecule has 2 aliphatic rings. The van der Waals surface area contributed by atoms with Gasteiger partial charge in [-0.15, -0.1) is 0 Å². The lowest BCUT2D eigenvalue weighted by Gasteiger charge is -2.38. The molecule has 0 amide bonds. The number of carbonyl (C=O) groups is 1. The summed E-state index contributed by atoms with van der Waals surface area (Å²) in [6, 6.07) is 0. The molecule has 0 heterocycles. The van der Waals surface area contributed by atoms with E-state index in [4.69, 9.17) is 4.74 Å². The molecule has 0 saturated heterocycles. The maximum Gasteiger partial charge on any atom is 0.426 e. The molecule has 1 N–H and O–H groups in total. The van der Waals surface area contributed by atoms with E-state index in [9.17, 15) is 36.2 Å². The Morgan fingerprint density at radius 1 is 1.07 bits per heavy atom. The smallest absolute Gasteiger partial charge is 0.426 e. The molecule has 0 spiro atoms. The molecule has 2 fully saturated rings. The van der Waals surface area contributed by atoms with Gasteiger partial charge in [-0.2, -0.15) is 26.3 Å². The molecule has 4 atom stereocenters. The maximum absolute atomic E-state index is 13.0. The van der Waals surface area contributed by atoms with Crippen molar-refractivity contribution < 1.29 is 45.7 Å². The van der Waals surface area contributed by atoms with Crippen molar-refractivity contribution in [3.8, 4) is 0 Å². The number of rotatable bonds is 8. The molecule has 4 nitrogen and oxygen atoms in total. The molecule has 0 aliphatic heterocycles. The van der Waals surface area contributed by atoms with E-state index in [0.29, 0.717) is 18.4 Å². The monoisotopic (exact) mass is 418 g/mol. The second-order valence-electron chi connectivity index (χ2n) is 7.84. The van der Waals surface area contributed by atoms with Crippen LogP contribution in [0.1, 0.15) is 32.1 Å². The van der Waals surface area contributed by atoms with E-state index in [1.807, 2.05) is 0 Å². The summed E-state index contributed by atoms with van der Waals surface area (Å²) in [6.45, 7) is 3.88. The quantitative estimate of drug-likeness (QED) is 0.367. The van der Waals surface area contributed by atoms with Gasteiger partial charge >= 0.3 is 18.3 Å². The molecule has 0 radical (unpaired) electrons. The minimum atomic E-state index is -5.79. The summed E-state index contributed by atoms with van der Waals surface area (Å²) >= 11 is 0. The van der Waals surface area contributed by atoms with E-state index in [2.05, 4.69) is 11.3 Å². The van der Waals surface area contributed by atoms with Gasteiger partial charge in [-0.3, -0.25) is 4.79 Å². The van der Waals surface area contributed by atoms with Gasteiger partial charge in [-0.05, 0) is 54.9 Å². The zero-order chi connectivity index (χ0) is 21.3. The Hall–Kier alpha value is -1.29. The lowest BCUT2D eigenvalue weighted by molar-refractivity contribution is -0.373. The molecule has 2 bridgehead atoms. The number of hydrogen-bond acceptors (Lipinski definition) is 4. The molecular formula is C18H24F6O4. The highest BCUT2D eigenvalue weighted by Crippen LogP contribution is 2.57. The molecular weight excluding hydrogens is 394 g/mol. The zero-order valence-corrected chi connectivity index (χ0v) is 15.4. The first-order valence-corrected chi connectivity index (χ1v) is 8.95. The van der Waals surface area contributed by atoms with Crippen LogP contribution in [0.15, 0.2) is 12.2 Å². The first-order chi connectivity index (χ1) is 12.8. The summed E-state index contributed by atoms with van der Waals surface area (Å²) in [7, 11) is 1.23. The number of aliphatic hydroxyl groups is 1. The van der Waals surface area contributed by atoms with Gasteiger partial charge in [0.1, 0.15) is 0 Å². The molecule has 0 aromatic rings. The van der Waals surface area contributed by atoms with Crippen LogP contribution in [0, 0.1) is 23.7 Å². The average Bonchev–Trinajstić information content (AvgIpc) is 3.12. The molecule has 0 aromatic heterocycles. The van der Waals surface area contributed by atoms with Crippen molar-refractivity contribution in [2.24, 2.45) is 23.7 Å². The molecule has 4 unspecified atom stereocenters. The van der Waals surface area contributed by atoms with E-state index in [-0.39, 0.29) is 43.8 Å². The van der Waals surface area contributed by atoms with Crippen LogP contribution in [0.25, 0.3) is 0 Å². The molecule has 10 heteroatoms. The summed E-state index contributed by atoms with van der Waals surface area (Å²) in [5.41, 5.74) is -4.23. The van der Waals surface area contributed by atoms with Crippen LogP contribution < -0.4 is 0 Å². The third-order valence-corrected chi connectivity index (χ3v) is 5.84. The fourth-order valence-corrected chi connectivity index (χ4v) is 4.53. The van der Waals surface area contributed by atoms with Crippen LogP contribution in [0.5, 0.6) is 0 Å². The number of fused-ring (bicyclic) bond motifs is 2. The fourth-order valence-electron chi connectivity index (χ4n) is 4.53. The summed E-state index contributed by atoms with van der Waals surface area (Å²) in [6.07, 6.45) is -11.5. The van der Waals surface area contributed by atoms with Crippen molar-refractivity contribution in [3.63, 3.8) is 0 Å². The average molecular weight is 418 g/mol. The van der Waals surface area contributed by atoms with Gasteiger partial charge in [-0.1, -0.05) is 6.58 Å². The second-order valence-corrected chi connectivity index (χ2v) is 7.84. The SMILES string of the molecule is C=C(COCC1CC2CC(CC(O)(C(F)(F)F)C(F)(F)F)C1C2)CC(=O)OC. The van der Waals surface area contributed by atoms with E-state index >= 15 is 0 Å². The van der Waals surface area contributed by atoms with Crippen LogP contribution in [0.3, 0.4) is 0 Å². The Labute approximate surface area is 158 Å². The van der Waals surface area contributed by atoms with Gasteiger partial charge in [0.25, 0.3) is 5.60 Å². The summed E-state index contributed by atoms with van der Waals surface area (Å²) in [5.74, 6) is -1.87. The maximum atomic E-state index is 13.0. The highest BCUT2D eigenvalue weighted by molar-refractivity contribution is 5.72. The standard InChI is InChI=1S/C18H24F6O4/c1-10(3-15(25)27-2)8-28-9-13-5-11-4-12(14(13)6-11)7-16(26,17(19,20)21)18(22,23)24/h11-14,26H,1,3-9H2,2H3. The Kier molecular flexibility index (Phi) is 6.75. The lowest BCUT2D eigenvalue weighted by atomic mass is 9.75. The first kappa shape index (κ1) is 23.0. The Morgan fingerprint density at radius 3 is 2.14 bits per heavy atom. The minimum absolute atomic E-state index is 0.0277.